The minimum absolute atomic E-state index is 0.0275. The van der Waals surface area contributed by atoms with Gasteiger partial charge in [0.2, 0.25) is 0 Å². The topological polar surface area (TPSA) is 57.7 Å². The van der Waals surface area contributed by atoms with Crippen molar-refractivity contribution in [3.63, 3.8) is 0 Å². The first-order valence-corrected chi connectivity index (χ1v) is 10.2. The van der Waals surface area contributed by atoms with Crippen LogP contribution in [0.25, 0.3) is 0 Å². The molecule has 148 valence electrons. The number of anilines is 1. The molecule has 0 spiro atoms. The van der Waals surface area contributed by atoms with Gasteiger partial charge in [0.1, 0.15) is 0 Å². The van der Waals surface area contributed by atoms with Gasteiger partial charge in [-0.15, -0.1) is 0 Å². The van der Waals surface area contributed by atoms with Gasteiger partial charge in [-0.1, -0.05) is 0 Å². The largest absolute Gasteiger partial charge is 0.379 e. The number of hydrogen-bond acceptors (Lipinski definition) is 5. The molecule has 1 aromatic heterocycles. The first kappa shape index (κ1) is 18.9. The smallest absolute Gasteiger partial charge is 0.251 e. The summed E-state index contributed by atoms with van der Waals surface area (Å²) in [5.41, 5.74) is 3.08. The number of benzene rings is 1. The fraction of sp³-hybridized carbons (Fsp3) is 0.455. The summed E-state index contributed by atoms with van der Waals surface area (Å²) < 4.78 is 5.49. The number of nitrogens with zero attached hydrogens (tertiary/aromatic N) is 3. The molecule has 2 saturated heterocycles. The summed E-state index contributed by atoms with van der Waals surface area (Å²) in [4.78, 5) is 21.6. The molecule has 0 unspecified atom stereocenters. The lowest BCUT2D eigenvalue weighted by Crippen LogP contribution is -2.43. The van der Waals surface area contributed by atoms with Gasteiger partial charge in [0.15, 0.2) is 0 Å². The van der Waals surface area contributed by atoms with Crippen LogP contribution < -0.4 is 10.2 Å². The number of nitrogens with one attached hydrogen (secondary N) is 1. The van der Waals surface area contributed by atoms with Crippen LogP contribution in [-0.4, -0.2) is 61.7 Å². The van der Waals surface area contributed by atoms with Crippen molar-refractivity contribution in [1.29, 1.82) is 0 Å². The lowest BCUT2D eigenvalue weighted by atomic mass is 10.1. The number of hydrogen-bond donors (Lipinski definition) is 1. The van der Waals surface area contributed by atoms with E-state index in [9.17, 15) is 4.79 Å². The summed E-state index contributed by atoms with van der Waals surface area (Å²) in [5.74, 6) is -0.0275. The van der Waals surface area contributed by atoms with Crippen molar-refractivity contribution in [3.8, 4) is 0 Å². The Balaban J connectivity index is 1.40. The number of amides is 1. The molecule has 6 nitrogen and oxygen atoms in total. The second-order valence-corrected chi connectivity index (χ2v) is 7.40. The van der Waals surface area contributed by atoms with Crippen molar-refractivity contribution in [2.75, 3.05) is 50.8 Å². The molecular formula is C22H28N4O2. The highest BCUT2D eigenvalue weighted by Gasteiger charge is 2.23. The van der Waals surface area contributed by atoms with Crippen LogP contribution in [0.4, 0.5) is 5.69 Å². The molecule has 0 aliphatic carbocycles. The predicted molar refractivity (Wildman–Crippen MR) is 110 cm³/mol. The van der Waals surface area contributed by atoms with Gasteiger partial charge in [0, 0.05) is 56.4 Å². The summed E-state index contributed by atoms with van der Waals surface area (Å²) in [7, 11) is 0. The lowest BCUT2D eigenvalue weighted by Gasteiger charge is -2.34. The van der Waals surface area contributed by atoms with Gasteiger partial charge in [-0.05, 0) is 54.8 Å². The number of carbonyl (C=O) groups excluding carboxylic acids is 1. The Bertz CT molecular complexity index is 754. The maximum absolute atomic E-state index is 12.7. The molecular weight excluding hydrogens is 352 g/mol. The summed E-state index contributed by atoms with van der Waals surface area (Å²) in [6.45, 7) is 5.98. The SMILES string of the molecule is O=C(NC[C@@H](c1ccncc1)N1CCOCC1)c1ccc(N2CCCC2)cc1. The molecule has 2 aliphatic rings. The van der Waals surface area contributed by atoms with Gasteiger partial charge < -0.3 is 15.0 Å². The van der Waals surface area contributed by atoms with E-state index in [1.54, 1.807) is 0 Å². The second-order valence-electron chi connectivity index (χ2n) is 7.40. The van der Waals surface area contributed by atoms with Gasteiger partial charge in [-0.3, -0.25) is 14.7 Å². The summed E-state index contributed by atoms with van der Waals surface area (Å²) in [6.07, 6.45) is 6.11. The molecule has 1 atom stereocenters. The van der Waals surface area contributed by atoms with Gasteiger partial charge >= 0.3 is 0 Å². The molecule has 3 heterocycles. The molecule has 2 aliphatic heterocycles. The first-order valence-electron chi connectivity index (χ1n) is 10.2. The number of pyridine rings is 1. The van der Waals surface area contributed by atoms with Gasteiger partial charge in [0.05, 0.1) is 19.3 Å². The monoisotopic (exact) mass is 380 g/mol. The van der Waals surface area contributed by atoms with Crippen molar-refractivity contribution in [2.45, 2.75) is 18.9 Å². The van der Waals surface area contributed by atoms with E-state index in [2.05, 4.69) is 32.2 Å². The van der Waals surface area contributed by atoms with E-state index >= 15 is 0 Å². The Morgan fingerprint density at radius 3 is 2.36 bits per heavy atom. The van der Waals surface area contributed by atoms with Crippen molar-refractivity contribution in [3.05, 3.63) is 59.9 Å². The Morgan fingerprint density at radius 2 is 1.68 bits per heavy atom. The lowest BCUT2D eigenvalue weighted by molar-refractivity contribution is 0.0162. The molecule has 0 bridgehead atoms. The van der Waals surface area contributed by atoms with Crippen molar-refractivity contribution in [1.82, 2.24) is 15.2 Å². The normalized spacial score (nSPS) is 18.8. The molecule has 1 N–H and O–H groups in total. The van der Waals surface area contributed by atoms with Crippen molar-refractivity contribution in [2.24, 2.45) is 0 Å². The predicted octanol–water partition coefficient (Wildman–Crippen LogP) is 2.49. The van der Waals surface area contributed by atoms with E-state index in [1.165, 1.54) is 24.1 Å². The first-order chi connectivity index (χ1) is 13.8. The van der Waals surface area contributed by atoms with Crippen molar-refractivity contribution >= 4 is 11.6 Å². The average Bonchev–Trinajstić information content (AvgIpc) is 3.30. The fourth-order valence-corrected chi connectivity index (χ4v) is 4.02. The van der Waals surface area contributed by atoms with Gasteiger partial charge in [-0.25, -0.2) is 0 Å². The van der Waals surface area contributed by atoms with Crippen LogP contribution in [-0.2, 0) is 4.74 Å². The minimum atomic E-state index is -0.0275. The quantitative estimate of drug-likeness (QED) is 0.834. The third-order valence-electron chi connectivity index (χ3n) is 5.63. The zero-order valence-corrected chi connectivity index (χ0v) is 16.2. The zero-order chi connectivity index (χ0) is 19.2. The molecule has 4 rings (SSSR count). The highest BCUT2D eigenvalue weighted by atomic mass is 16.5. The second kappa shape index (κ2) is 9.17. The van der Waals surface area contributed by atoms with E-state index in [0.29, 0.717) is 12.1 Å². The van der Waals surface area contributed by atoms with Crippen LogP contribution >= 0.6 is 0 Å². The maximum atomic E-state index is 12.7. The maximum Gasteiger partial charge on any atom is 0.251 e. The van der Waals surface area contributed by atoms with E-state index in [-0.39, 0.29) is 11.9 Å². The molecule has 0 saturated carbocycles. The van der Waals surface area contributed by atoms with Crippen LogP contribution in [0.5, 0.6) is 0 Å². The van der Waals surface area contributed by atoms with Crippen LogP contribution in [0.15, 0.2) is 48.8 Å². The van der Waals surface area contributed by atoms with Crippen molar-refractivity contribution < 1.29 is 9.53 Å². The third kappa shape index (κ3) is 4.51. The number of rotatable bonds is 6. The molecule has 6 heteroatoms. The molecule has 28 heavy (non-hydrogen) atoms. The van der Waals surface area contributed by atoms with Crippen LogP contribution in [0.1, 0.15) is 34.8 Å². The summed E-state index contributed by atoms with van der Waals surface area (Å²) >= 11 is 0. The Kier molecular flexibility index (Phi) is 6.19. The third-order valence-corrected chi connectivity index (χ3v) is 5.63. The molecule has 0 radical (unpaired) electrons. The van der Waals surface area contributed by atoms with Gasteiger partial charge in [-0.2, -0.15) is 0 Å². The Morgan fingerprint density at radius 1 is 1.00 bits per heavy atom. The highest BCUT2D eigenvalue weighted by molar-refractivity contribution is 5.94. The fourth-order valence-electron chi connectivity index (χ4n) is 4.02. The highest BCUT2D eigenvalue weighted by Crippen LogP contribution is 2.22. The number of aromatic nitrogens is 1. The molecule has 1 amide bonds. The zero-order valence-electron chi connectivity index (χ0n) is 16.2. The van der Waals surface area contributed by atoms with Crippen LogP contribution in [0.2, 0.25) is 0 Å². The average molecular weight is 380 g/mol. The summed E-state index contributed by atoms with van der Waals surface area (Å²) in [5, 5.41) is 3.13. The van der Waals surface area contributed by atoms with Gasteiger partial charge in [0.25, 0.3) is 5.91 Å². The van der Waals surface area contributed by atoms with Crippen LogP contribution in [0, 0.1) is 0 Å². The standard InChI is InChI=1S/C22H28N4O2/c27-22(19-3-5-20(6-4-19)25-11-1-2-12-25)24-17-21(18-7-9-23-10-8-18)26-13-15-28-16-14-26/h3-10,21H,1-2,11-17H2,(H,24,27)/t21-/m0/s1. The van der Waals surface area contributed by atoms with E-state index in [4.69, 9.17) is 4.74 Å². The van der Waals surface area contributed by atoms with E-state index < -0.39 is 0 Å². The molecule has 2 fully saturated rings. The Labute approximate surface area is 166 Å². The molecule has 2 aromatic rings. The summed E-state index contributed by atoms with van der Waals surface area (Å²) in [6, 6.07) is 12.2. The minimum Gasteiger partial charge on any atom is -0.379 e. The molecule has 1 aromatic carbocycles. The van der Waals surface area contributed by atoms with E-state index in [0.717, 1.165) is 39.4 Å². The van der Waals surface area contributed by atoms with Crippen LogP contribution in [0.3, 0.4) is 0 Å². The van der Waals surface area contributed by atoms with E-state index in [1.807, 2.05) is 36.7 Å². The number of carbonyl (C=O) groups is 1. The number of morpholine rings is 1. The number of ether oxygens (including phenoxy) is 1. The Hall–Kier alpha value is -2.44.